The number of unbranched alkanes of at least 4 members (excludes halogenated alkanes) is 5. The fourth-order valence-corrected chi connectivity index (χ4v) is 5.17. The quantitative estimate of drug-likeness (QED) is 0.322. The Morgan fingerprint density at radius 3 is 2.27 bits per heavy atom. The van der Waals surface area contributed by atoms with E-state index in [1.165, 1.54) is 50.6 Å². The summed E-state index contributed by atoms with van der Waals surface area (Å²) in [5, 5.41) is 0. The van der Waals surface area contributed by atoms with Crippen molar-refractivity contribution in [1.29, 1.82) is 0 Å². The van der Waals surface area contributed by atoms with Gasteiger partial charge in [-0.1, -0.05) is 64.6 Å². The van der Waals surface area contributed by atoms with Gasteiger partial charge < -0.3 is 4.74 Å². The third-order valence-electron chi connectivity index (χ3n) is 3.39. The lowest BCUT2D eigenvalue weighted by Crippen LogP contribution is -2.26. The third kappa shape index (κ3) is 7.12. The van der Waals surface area contributed by atoms with Crippen LogP contribution in [0.1, 0.15) is 45.4 Å². The Balaban J connectivity index is 1.92. The second kappa shape index (κ2) is 6.69. The SMILES string of the molecule is CCCCCCCC[Si](C)(C)CC1CO1. The first-order valence-corrected chi connectivity index (χ1v) is 10.2. The highest BCUT2D eigenvalue weighted by molar-refractivity contribution is 6.77. The van der Waals surface area contributed by atoms with Gasteiger partial charge in [0.1, 0.15) is 0 Å². The molecule has 1 fully saturated rings. The van der Waals surface area contributed by atoms with Crippen LogP contribution in [0, 0.1) is 0 Å². The molecule has 0 spiro atoms. The predicted molar refractivity (Wildman–Crippen MR) is 70.2 cm³/mol. The molecule has 0 saturated carbocycles. The van der Waals surface area contributed by atoms with E-state index >= 15 is 0 Å². The topological polar surface area (TPSA) is 12.5 Å². The molecule has 0 N–H and O–H groups in total. The first-order chi connectivity index (χ1) is 7.14. The lowest BCUT2D eigenvalue weighted by atomic mass is 10.1. The molecule has 1 aliphatic rings. The first kappa shape index (κ1) is 13.2. The summed E-state index contributed by atoms with van der Waals surface area (Å²) in [4.78, 5) is 0. The van der Waals surface area contributed by atoms with Gasteiger partial charge >= 0.3 is 0 Å². The van der Waals surface area contributed by atoms with Gasteiger partial charge in [0.2, 0.25) is 0 Å². The second-order valence-corrected chi connectivity index (χ2v) is 11.1. The smallest absolute Gasteiger partial charge is 0.0786 e. The Kier molecular flexibility index (Phi) is 5.91. The molecule has 1 saturated heterocycles. The molecular formula is C13H28OSi. The molecule has 1 rings (SSSR count). The standard InChI is InChI=1S/C13H28OSi/c1-4-5-6-7-8-9-10-15(2,3)12-13-11-14-13/h13H,4-12H2,1-3H3. The maximum Gasteiger partial charge on any atom is 0.0786 e. The Morgan fingerprint density at radius 2 is 1.67 bits per heavy atom. The van der Waals surface area contributed by atoms with Crippen molar-refractivity contribution in [3.8, 4) is 0 Å². The summed E-state index contributed by atoms with van der Waals surface area (Å²) in [6, 6.07) is 2.92. The summed E-state index contributed by atoms with van der Waals surface area (Å²) in [5.74, 6) is 0. The summed E-state index contributed by atoms with van der Waals surface area (Å²) < 4.78 is 5.34. The molecule has 0 aliphatic carbocycles. The molecule has 1 unspecified atom stereocenters. The van der Waals surface area contributed by atoms with E-state index in [0.29, 0.717) is 6.10 Å². The molecule has 1 nitrogen and oxygen atoms in total. The van der Waals surface area contributed by atoms with E-state index in [1.54, 1.807) is 0 Å². The maximum absolute atomic E-state index is 5.34. The van der Waals surface area contributed by atoms with E-state index in [9.17, 15) is 0 Å². The zero-order valence-corrected chi connectivity index (χ0v) is 11.8. The van der Waals surface area contributed by atoms with Crippen LogP contribution in [0.5, 0.6) is 0 Å². The van der Waals surface area contributed by atoms with Crippen LogP contribution in [0.15, 0.2) is 0 Å². The summed E-state index contributed by atoms with van der Waals surface area (Å²) in [5.41, 5.74) is 0. The van der Waals surface area contributed by atoms with Gasteiger partial charge in [0.05, 0.1) is 20.8 Å². The fourth-order valence-electron chi connectivity index (χ4n) is 2.29. The maximum atomic E-state index is 5.34. The first-order valence-electron chi connectivity index (χ1n) is 6.76. The third-order valence-corrected chi connectivity index (χ3v) is 6.66. The molecule has 0 bridgehead atoms. The van der Waals surface area contributed by atoms with E-state index in [4.69, 9.17) is 4.74 Å². The molecular weight excluding hydrogens is 200 g/mol. The Labute approximate surface area is 96.6 Å². The Bertz CT molecular complexity index is 164. The monoisotopic (exact) mass is 228 g/mol. The van der Waals surface area contributed by atoms with E-state index in [-0.39, 0.29) is 0 Å². The zero-order valence-electron chi connectivity index (χ0n) is 10.8. The Morgan fingerprint density at radius 1 is 1.07 bits per heavy atom. The van der Waals surface area contributed by atoms with Gasteiger partial charge in [0, 0.05) is 0 Å². The molecule has 90 valence electrons. The number of ether oxygens (including phenoxy) is 1. The van der Waals surface area contributed by atoms with Crippen LogP contribution in [0.4, 0.5) is 0 Å². The van der Waals surface area contributed by atoms with Crippen LogP contribution in [0.25, 0.3) is 0 Å². The van der Waals surface area contributed by atoms with Crippen molar-refractivity contribution in [2.24, 2.45) is 0 Å². The Hall–Kier alpha value is 0.177. The number of rotatable bonds is 9. The summed E-state index contributed by atoms with van der Waals surface area (Å²) in [6.07, 6.45) is 9.28. The number of hydrogen-bond donors (Lipinski definition) is 0. The van der Waals surface area contributed by atoms with Gasteiger partial charge in [-0.3, -0.25) is 0 Å². The van der Waals surface area contributed by atoms with E-state index in [1.807, 2.05) is 0 Å². The van der Waals surface area contributed by atoms with Crippen LogP contribution < -0.4 is 0 Å². The molecule has 1 atom stereocenters. The molecule has 1 aliphatic heterocycles. The van der Waals surface area contributed by atoms with E-state index in [0.717, 1.165) is 6.61 Å². The summed E-state index contributed by atoms with van der Waals surface area (Å²) >= 11 is 0. The van der Waals surface area contributed by atoms with Crippen molar-refractivity contribution >= 4 is 8.07 Å². The van der Waals surface area contributed by atoms with Gasteiger partial charge in [0.15, 0.2) is 0 Å². The van der Waals surface area contributed by atoms with Gasteiger partial charge in [-0.15, -0.1) is 0 Å². The molecule has 0 radical (unpaired) electrons. The van der Waals surface area contributed by atoms with Crippen molar-refractivity contribution in [2.75, 3.05) is 6.61 Å². The van der Waals surface area contributed by atoms with Gasteiger partial charge in [0.25, 0.3) is 0 Å². The molecule has 2 heteroatoms. The fraction of sp³-hybridized carbons (Fsp3) is 1.00. The summed E-state index contributed by atoms with van der Waals surface area (Å²) in [7, 11) is -0.897. The van der Waals surface area contributed by atoms with E-state index < -0.39 is 8.07 Å². The van der Waals surface area contributed by atoms with Gasteiger partial charge in [-0.05, 0) is 6.04 Å². The molecule has 0 amide bonds. The van der Waals surface area contributed by atoms with Crippen molar-refractivity contribution in [2.45, 2.75) is 76.7 Å². The van der Waals surface area contributed by atoms with Crippen molar-refractivity contribution in [3.05, 3.63) is 0 Å². The summed E-state index contributed by atoms with van der Waals surface area (Å²) in [6.45, 7) is 8.39. The highest BCUT2D eigenvalue weighted by Gasteiger charge is 2.31. The average molecular weight is 228 g/mol. The highest BCUT2D eigenvalue weighted by Crippen LogP contribution is 2.27. The largest absolute Gasteiger partial charge is 0.373 e. The van der Waals surface area contributed by atoms with Crippen molar-refractivity contribution < 1.29 is 4.74 Å². The average Bonchev–Trinajstić information content (AvgIpc) is 2.94. The van der Waals surface area contributed by atoms with Crippen LogP contribution in [-0.4, -0.2) is 20.8 Å². The molecule has 15 heavy (non-hydrogen) atoms. The number of hydrogen-bond acceptors (Lipinski definition) is 1. The van der Waals surface area contributed by atoms with Gasteiger partial charge in [-0.25, -0.2) is 0 Å². The van der Waals surface area contributed by atoms with Crippen molar-refractivity contribution in [3.63, 3.8) is 0 Å². The lowest BCUT2D eigenvalue weighted by molar-refractivity contribution is 0.421. The molecule has 0 aromatic rings. The molecule has 1 heterocycles. The minimum atomic E-state index is -0.897. The van der Waals surface area contributed by atoms with Gasteiger partial charge in [-0.2, -0.15) is 0 Å². The second-order valence-electron chi connectivity index (χ2n) is 5.84. The normalized spacial score (nSPS) is 20.6. The van der Waals surface area contributed by atoms with Crippen LogP contribution in [-0.2, 0) is 4.74 Å². The van der Waals surface area contributed by atoms with Crippen molar-refractivity contribution in [1.82, 2.24) is 0 Å². The highest BCUT2D eigenvalue weighted by atomic mass is 28.3. The van der Waals surface area contributed by atoms with E-state index in [2.05, 4.69) is 20.0 Å². The molecule has 0 aromatic heterocycles. The van der Waals surface area contributed by atoms with Crippen LogP contribution in [0.2, 0.25) is 25.2 Å². The van der Waals surface area contributed by atoms with Crippen LogP contribution in [0.3, 0.4) is 0 Å². The zero-order chi connectivity index (χ0) is 11.1. The lowest BCUT2D eigenvalue weighted by Gasteiger charge is -2.20. The molecule has 0 aromatic carbocycles. The predicted octanol–water partition coefficient (Wildman–Crippen LogP) is 4.45. The minimum absolute atomic E-state index is 0.659. The number of epoxide rings is 1. The minimum Gasteiger partial charge on any atom is -0.373 e. The van der Waals surface area contributed by atoms with Crippen LogP contribution >= 0.6 is 0 Å².